The molecule has 0 saturated heterocycles. The van der Waals surface area contributed by atoms with E-state index in [-0.39, 0.29) is 10.8 Å². The van der Waals surface area contributed by atoms with Crippen molar-refractivity contribution in [1.82, 2.24) is 5.32 Å². The van der Waals surface area contributed by atoms with Crippen molar-refractivity contribution in [2.24, 2.45) is 0 Å². The fourth-order valence-corrected chi connectivity index (χ4v) is 3.30. The van der Waals surface area contributed by atoms with Crippen LogP contribution in [0.25, 0.3) is 0 Å². The van der Waals surface area contributed by atoms with E-state index in [4.69, 9.17) is 0 Å². The Labute approximate surface area is 130 Å². The molecule has 0 spiro atoms. The Morgan fingerprint density at radius 3 is 2.41 bits per heavy atom. The van der Waals surface area contributed by atoms with E-state index in [9.17, 15) is 13.2 Å². The highest BCUT2D eigenvalue weighted by Crippen LogP contribution is 2.23. The van der Waals surface area contributed by atoms with Crippen LogP contribution in [0.2, 0.25) is 0 Å². The predicted molar refractivity (Wildman–Crippen MR) is 86.6 cm³/mol. The van der Waals surface area contributed by atoms with Gasteiger partial charge in [0, 0.05) is 19.7 Å². The largest absolute Gasteiger partial charge is 0.355 e. The SMILES string of the molecule is CNC(=O)c1cccc(S(=O)(=O)N(C)c2cccc(C)c2)c1. The summed E-state index contributed by atoms with van der Waals surface area (Å²) in [5, 5.41) is 2.48. The van der Waals surface area contributed by atoms with Gasteiger partial charge in [-0.15, -0.1) is 0 Å². The summed E-state index contributed by atoms with van der Waals surface area (Å²) >= 11 is 0. The molecule has 0 heterocycles. The normalized spacial score (nSPS) is 11.0. The summed E-state index contributed by atoms with van der Waals surface area (Å²) in [5.41, 5.74) is 1.85. The molecule has 0 atom stereocenters. The van der Waals surface area contributed by atoms with Gasteiger partial charge in [-0.05, 0) is 42.8 Å². The van der Waals surface area contributed by atoms with Crippen LogP contribution < -0.4 is 9.62 Å². The van der Waals surface area contributed by atoms with Crippen molar-refractivity contribution < 1.29 is 13.2 Å². The first-order chi connectivity index (χ1) is 10.4. The van der Waals surface area contributed by atoms with Crippen LogP contribution in [0.15, 0.2) is 53.4 Å². The van der Waals surface area contributed by atoms with Crippen molar-refractivity contribution in [3.05, 3.63) is 59.7 Å². The van der Waals surface area contributed by atoms with Crippen molar-refractivity contribution >= 4 is 21.6 Å². The predicted octanol–water partition coefficient (Wildman–Crippen LogP) is 2.18. The maximum absolute atomic E-state index is 12.7. The summed E-state index contributed by atoms with van der Waals surface area (Å²) in [4.78, 5) is 11.7. The Kier molecular flexibility index (Phi) is 4.51. The Morgan fingerprint density at radius 1 is 1.09 bits per heavy atom. The van der Waals surface area contributed by atoms with Gasteiger partial charge in [0.1, 0.15) is 0 Å². The number of amides is 1. The molecule has 0 unspecified atom stereocenters. The number of aryl methyl sites for hydroxylation is 1. The second-order valence-electron chi connectivity index (χ2n) is 4.92. The summed E-state index contributed by atoms with van der Waals surface area (Å²) in [6.07, 6.45) is 0. The maximum Gasteiger partial charge on any atom is 0.264 e. The van der Waals surface area contributed by atoms with E-state index in [1.165, 1.54) is 30.5 Å². The molecule has 22 heavy (non-hydrogen) atoms. The molecule has 2 aromatic rings. The number of nitrogens with zero attached hydrogens (tertiary/aromatic N) is 1. The molecule has 116 valence electrons. The van der Waals surface area contributed by atoms with E-state index in [1.54, 1.807) is 30.3 Å². The molecule has 2 rings (SSSR count). The van der Waals surface area contributed by atoms with Gasteiger partial charge in [-0.25, -0.2) is 8.42 Å². The van der Waals surface area contributed by atoms with Gasteiger partial charge in [-0.1, -0.05) is 18.2 Å². The molecule has 0 aliphatic carbocycles. The van der Waals surface area contributed by atoms with Crippen molar-refractivity contribution in [2.75, 3.05) is 18.4 Å². The molecule has 1 amide bonds. The summed E-state index contributed by atoms with van der Waals surface area (Å²) in [6, 6.07) is 13.2. The average Bonchev–Trinajstić information content (AvgIpc) is 2.53. The minimum absolute atomic E-state index is 0.0811. The minimum Gasteiger partial charge on any atom is -0.355 e. The minimum atomic E-state index is -3.72. The number of nitrogens with one attached hydrogen (secondary N) is 1. The lowest BCUT2D eigenvalue weighted by atomic mass is 10.2. The van der Waals surface area contributed by atoms with Crippen LogP contribution in [-0.4, -0.2) is 28.4 Å². The number of rotatable bonds is 4. The molecule has 5 nitrogen and oxygen atoms in total. The highest BCUT2D eigenvalue weighted by molar-refractivity contribution is 7.92. The number of carbonyl (C=O) groups excluding carboxylic acids is 1. The maximum atomic E-state index is 12.7. The van der Waals surface area contributed by atoms with Crippen molar-refractivity contribution in [2.45, 2.75) is 11.8 Å². The molecular formula is C16H18N2O3S. The fourth-order valence-electron chi connectivity index (χ4n) is 2.06. The van der Waals surface area contributed by atoms with Gasteiger partial charge in [-0.2, -0.15) is 0 Å². The van der Waals surface area contributed by atoms with Crippen LogP contribution in [0.3, 0.4) is 0 Å². The molecule has 0 fully saturated rings. The van der Waals surface area contributed by atoms with E-state index in [2.05, 4.69) is 5.32 Å². The molecule has 0 bridgehead atoms. The second kappa shape index (κ2) is 6.19. The van der Waals surface area contributed by atoms with Crippen molar-refractivity contribution in [3.8, 4) is 0 Å². The quantitative estimate of drug-likeness (QED) is 0.939. The van der Waals surface area contributed by atoms with Crippen molar-refractivity contribution in [1.29, 1.82) is 0 Å². The Hall–Kier alpha value is -2.34. The first-order valence-electron chi connectivity index (χ1n) is 6.74. The molecule has 0 saturated carbocycles. The molecular weight excluding hydrogens is 300 g/mol. The van der Waals surface area contributed by atoms with Gasteiger partial charge in [0.15, 0.2) is 0 Å². The monoisotopic (exact) mass is 318 g/mol. The molecule has 0 aromatic heterocycles. The van der Waals surface area contributed by atoms with Gasteiger partial charge >= 0.3 is 0 Å². The Morgan fingerprint density at radius 2 is 1.77 bits per heavy atom. The van der Waals surface area contributed by atoms with Crippen LogP contribution in [0.1, 0.15) is 15.9 Å². The van der Waals surface area contributed by atoms with Crippen molar-refractivity contribution in [3.63, 3.8) is 0 Å². The molecule has 2 aromatic carbocycles. The number of anilines is 1. The number of carbonyl (C=O) groups is 1. The number of hydrogen-bond acceptors (Lipinski definition) is 3. The molecule has 1 N–H and O–H groups in total. The first-order valence-corrected chi connectivity index (χ1v) is 8.18. The van der Waals surface area contributed by atoms with E-state index >= 15 is 0 Å². The van der Waals surface area contributed by atoms with Crippen LogP contribution in [0, 0.1) is 6.92 Å². The Balaban J connectivity index is 2.44. The van der Waals surface area contributed by atoms with Gasteiger partial charge in [0.05, 0.1) is 10.6 Å². The van der Waals surface area contributed by atoms with Gasteiger partial charge < -0.3 is 5.32 Å². The summed E-state index contributed by atoms with van der Waals surface area (Å²) in [7, 11) is -0.721. The lowest BCUT2D eigenvalue weighted by molar-refractivity contribution is 0.0963. The van der Waals surface area contributed by atoms with Gasteiger partial charge in [-0.3, -0.25) is 9.10 Å². The van der Waals surface area contributed by atoms with Crippen LogP contribution in [-0.2, 0) is 10.0 Å². The molecule has 0 radical (unpaired) electrons. The summed E-state index contributed by atoms with van der Waals surface area (Å²) < 4.78 is 26.6. The summed E-state index contributed by atoms with van der Waals surface area (Å²) in [5.74, 6) is -0.324. The summed E-state index contributed by atoms with van der Waals surface area (Å²) in [6.45, 7) is 1.90. The lowest BCUT2D eigenvalue weighted by Gasteiger charge is -2.20. The highest BCUT2D eigenvalue weighted by atomic mass is 32.2. The highest BCUT2D eigenvalue weighted by Gasteiger charge is 2.22. The first kappa shape index (κ1) is 16.0. The van der Waals surface area contributed by atoms with Crippen LogP contribution in [0.5, 0.6) is 0 Å². The number of sulfonamides is 1. The third-order valence-electron chi connectivity index (χ3n) is 3.35. The smallest absolute Gasteiger partial charge is 0.264 e. The fraction of sp³-hybridized carbons (Fsp3) is 0.188. The Bertz CT molecular complexity index is 801. The van der Waals surface area contributed by atoms with Gasteiger partial charge in [0.25, 0.3) is 15.9 Å². The zero-order chi connectivity index (χ0) is 16.3. The standard InChI is InChI=1S/C16H18N2O3S/c1-12-6-4-8-14(10-12)18(3)22(20,21)15-9-5-7-13(11-15)16(19)17-2/h4-11H,1-3H3,(H,17,19). The number of hydrogen-bond donors (Lipinski definition) is 1. The topological polar surface area (TPSA) is 66.5 Å². The molecule has 6 heteroatoms. The second-order valence-corrected chi connectivity index (χ2v) is 6.89. The van der Waals surface area contributed by atoms with E-state index in [0.717, 1.165) is 5.56 Å². The van der Waals surface area contributed by atoms with E-state index in [1.807, 2.05) is 13.0 Å². The third kappa shape index (κ3) is 3.12. The lowest BCUT2D eigenvalue weighted by Crippen LogP contribution is -2.27. The van der Waals surface area contributed by atoms with E-state index < -0.39 is 10.0 Å². The third-order valence-corrected chi connectivity index (χ3v) is 5.13. The zero-order valence-corrected chi connectivity index (χ0v) is 13.5. The van der Waals surface area contributed by atoms with Gasteiger partial charge in [0.2, 0.25) is 0 Å². The van der Waals surface area contributed by atoms with Crippen LogP contribution >= 0.6 is 0 Å². The number of benzene rings is 2. The van der Waals surface area contributed by atoms with Crippen LogP contribution in [0.4, 0.5) is 5.69 Å². The molecule has 0 aliphatic rings. The average molecular weight is 318 g/mol. The zero-order valence-electron chi connectivity index (χ0n) is 12.7. The van der Waals surface area contributed by atoms with E-state index in [0.29, 0.717) is 11.3 Å². The molecule has 0 aliphatic heterocycles.